The maximum atomic E-state index is 14.0. The predicted molar refractivity (Wildman–Crippen MR) is 74.4 cm³/mol. The van der Waals surface area contributed by atoms with Gasteiger partial charge in [-0.3, -0.25) is 0 Å². The van der Waals surface area contributed by atoms with Gasteiger partial charge in [-0.1, -0.05) is 11.6 Å². The largest absolute Gasteiger partial charge is 0.383 e. The van der Waals surface area contributed by atoms with Crippen LogP contribution in [0, 0.1) is 12.7 Å². The molecular formula is C15H18FN3. The smallest absolute Gasteiger partial charge is 0.132 e. The molecule has 1 aliphatic rings. The van der Waals surface area contributed by atoms with Gasteiger partial charge in [0.05, 0.1) is 0 Å². The Morgan fingerprint density at radius 2 is 2.21 bits per heavy atom. The standard InChI is InChI=1S/C15H18FN3/c1-9-6-7-12(16)11(8-9)14-15(17)19-10(2)4-3-5-13(19)18-14/h6-8,10H,3-5,17H2,1-2H3. The third-order valence-electron chi connectivity index (χ3n) is 3.86. The Kier molecular flexibility index (Phi) is 2.81. The number of nitrogens with zero attached hydrogens (tertiary/aromatic N) is 2. The highest BCUT2D eigenvalue weighted by atomic mass is 19.1. The van der Waals surface area contributed by atoms with Gasteiger partial charge >= 0.3 is 0 Å². The molecule has 0 saturated heterocycles. The van der Waals surface area contributed by atoms with Gasteiger partial charge in [-0.25, -0.2) is 9.37 Å². The Bertz CT molecular complexity index is 631. The molecule has 100 valence electrons. The fourth-order valence-electron chi connectivity index (χ4n) is 2.86. The van der Waals surface area contributed by atoms with Crippen molar-refractivity contribution in [2.45, 2.75) is 39.2 Å². The average Bonchev–Trinajstić information content (AvgIpc) is 2.71. The Labute approximate surface area is 112 Å². The molecule has 0 bridgehead atoms. The van der Waals surface area contributed by atoms with E-state index in [2.05, 4.69) is 16.5 Å². The Morgan fingerprint density at radius 3 is 2.95 bits per heavy atom. The number of anilines is 1. The first-order valence-electron chi connectivity index (χ1n) is 6.71. The molecule has 3 rings (SSSR count). The normalized spacial score (nSPS) is 18.4. The van der Waals surface area contributed by atoms with E-state index in [0.717, 1.165) is 30.7 Å². The molecule has 0 fully saturated rings. The monoisotopic (exact) mass is 259 g/mol. The summed E-state index contributed by atoms with van der Waals surface area (Å²) < 4.78 is 16.0. The van der Waals surface area contributed by atoms with Crippen LogP contribution in [0.1, 0.15) is 37.2 Å². The predicted octanol–water partition coefficient (Wildman–Crippen LogP) is 3.48. The first-order valence-corrected chi connectivity index (χ1v) is 6.71. The molecule has 0 spiro atoms. The third kappa shape index (κ3) is 1.91. The number of imidazole rings is 1. The van der Waals surface area contributed by atoms with Gasteiger partial charge < -0.3 is 10.3 Å². The maximum absolute atomic E-state index is 14.0. The fraction of sp³-hybridized carbons (Fsp3) is 0.400. The van der Waals surface area contributed by atoms with Gasteiger partial charge in [-0.05, 0) is 38.8 Å². The molecule has 1 aromatic carbocycles. The van der Waals surface area contributed by atoms with E-state index in [1.54, 1.807) is 6.07 Å². The van der Waals surface area contributed by atoms with Crippen molar-refractivity contribution in [2.24, 2.45) is 0 Å². The minimum atomic E-state index is -0.264. The van der Waals surface area contributed by atoms with Crippen LogP contribution in [0.5, 0.6) is 0 Å². The Hall–Kier alpha value is -1.84. The first-order chi connectivity index (χ1) is 9.08. The van der Waals surface area contributed by atoms with E-state index in [-0.39, 0.29) is 5.82 Å². The van der Waals surface area contributed by atoms with Crippen molar-refractivity contribution < 1.29 is 4.39 Å². The van der Waals surface area contributed by atoms with Crippen LogP contribution in [0.3, 0.4) is 0 Å². The first kappa shape index (κ1) is 12.2. The SMILES string of the molecule is Cc1ccc(F)c(-c2nc3n(c2N)C(C)CCC3)c1. The molecule has 0 saturated carbocycles. The summed E-state index contributed by atoms with van der Waals surface area (Å²) in [4.78, 5) is 4.57. The molecule has 19 heavy (non-hydrogen) atoms. The molecule has 1 aliphatic heterocycles. The highest BCUT2D eigenvalue weighted by molar-refractivity contribution is 5.72. The zero-order valence-electron chi connectivity index (χ0n) is 11.3. The van der Waals surface area contributed by atoms with Gasteiger partial charge in [0.2, 0.25) is 0 Å². The van der Waals surface area contributed by atoms with Gasteiger partial charge in [-0.15, -0.1) is 0 Å². The van der Waals surface area contributed by atoms with E-state index >= 15 is 0 Å². The lowest BCUT2D eigenvalue weighted by Gasteiger charge is -2.22. The summed E-state index contributed by atoms with van der Waals surface area (Å²) in [7, 11) is 0. The highest BCUT2D eigenvalue weighted by Gasteiger charge is 2.24. The number of rotatable bonds is 1. The van der Waals surface area contributed by atoms with Crippen LogP contribution < -0.4 is 5.73 Å². The number of hydrogen-bond donors (Lipinski definition) is 1. The average molecular weight is 259 g/mol. The summed E-state index contributed by atoms with van der Waals surface area (Å²) in [5.74, 6) is 1.30. The molecule has 1 aromatic heterocycles. The van der Waals surface area contributed by atoms with E-state index in [4.69, 9.17) is 5.73 Å². The van der Waals surface area contributed by atoms with Crippen molar-refractivity contribution in [3.05, 3.63) is 35.4 Å². The molecule has 1 unspecified atom stereocenters. The van der Waals surface area contributed by atoms with E-state index in [9.17, 15) is 4.39 Å². The molecule has 0 radical (unpaired) electrons. The van der Waals surface area contributed by atoms with Crippen LogP contribution in [-0.2, 0) is 6.42 Å². The van der Waals surface area contributed by atoms with Crippen LogP contribution >= 0.6 is 0 Å². The highest BCUT2D eigenvalue weighted by Crippen LogP contribution is 2.35. The van der Waals surface area contributed by atoms with E-state index < -0.39 is 0 Å². The molecule has 2 N–H and O–H groups in total. The summed E-state index contributed by atoms with van der Waals surface area (Å²) in [5, 5.41) is 0. The van der Waals surface area contributed by atoms with E-state index in [1.807, 2.05) is 13.0 Å². The number of halogens is 1. The second-order valence-corrected chi connectivity index (χ2v) is 5.36. The quantitative estimate of drug-likeness (QED) is 0.852. The molecular weight excluding hydrogens is 241 g/mol. The van der Waals surface area contributed by atoms with E-state index in [1.165, 1.54) is 6.07 Å². The number of benzene rings is 1. The summed E-state index contributed by atoms with van der Waals surface area (Å²) >= 11 is 0. The fourth-order valence-corrected chi connectivity index (χ4v) is 2.86. The summed E-state index contributed by atoms with van der Waals surface area (Å²) in [6.07, 6.45) is 3.14. The van der Waals surface area contributed by atoms with Crippen molar-refractivity contribution in [3.63, 3.8) is 0 Å². The van der Waals surface area contributed by atoms with Crippen LogP contribution in [-0.4, -0.2) is 9.55 Å². The number of fused-ring (bicyclic) bond motifs is 1. The summed E-state index contributed by atoms with van der Waals surface area (Å²) in [6, 6.07) is 5.39. The second-order valence-electron chi connectivity index (χ2n) is 5.36. The van der Waals surface area contributed by atoms with Gasteiger partial charge in [0.1, 0.15) is 23.2 Å². The van der Waals surface area contributed by atoms with Crippen molar-refractivity contribution in [2.75, 3.05) is 5.73 Å². The molecule has 2 heterocycles. The van der Waals surface area contributed by atoms with Crippen LogP contribution in [0.25, 0.3) is 11.3 Å². The maximum Gasteiger partial charge on any atom is 0.132 e. The zero-order chi connectivity index (χ0) is 13.6. The Balaban J connectivity index is 2.19. The van der Waals surface area contributed by atoms with Gasteiger partial charge in [0.25, 0.3) is 0 Å². The van der Waals surface area contributed by atoms with Gasteiger partial charge in [-0.2, -0.15) is 0 Å². The van der Waals surface area contributed by atoms with E-state index in [0.29, 0.717) is 23.1 Å². The van der Waals surface area contributed by atoms with Crippen molar-refractivity contribution in [1.29, 1.82) is 0 Å². The molecule has 3 nitrogen and oxygen atoms in total. The van der Waals surface area contributed by atoms with Crippen LogP contribution in [0.4, 0.5) is 10.2 Å². The summed E-state index contributed by atoms with van der Waals surface area (Å²) in [6.45, 7) is 4.08. The number of hydrogen-bond acceptors (Lipinski definition) is 2. The third-order valence-corrected chi connectivity index (χ3v) is 3.86. The van der Waals surface area contributed by atoms with Crippen molar-refractivity contribution in [1.82, 2.24) is 9.55 Å². The number of aryl methyl sites for hydroxylation is 2. The summed E-state index contributed by atoms with van der Waals surface area (Å²) in [5.41, 5.74) is 8.30. The number of nitrogen functional groups attached to an aromatic ring is 1. The second kappa shape index (κ2) is 4.37. The van der Waals surface area contributed by atoms with Crippen molar-refractivity contribution in [3.8, 4) is 11.3 Å². The molecule has 0 aliphatic carbocycles. The minimum Gasteiger partial charge on any atom is -0.383 e. The van der Waals surface area contributed by atoms with Crippen molar-refractivity contribution >= 4 is 5.82 Å². The van der Waals surface area contributed by atoms with Crippen LogP contribution in [0.15, 0.2) is 18.2 Å². The lowest BCUT2D eigenvalue weighted by atomic mass is 10.1. The molecule has 0 amide bonds. The topological polar surface area (TPSA) is 43.8 Å². The Morgan fingerprint density at radius 1 is 1.42 bits per heavy atom. The minimum absolute atomic E-state index is 0.264. The van der Waals surface area contributed by atoms with Gasteiger partial charge in [0, 0.05) is 18.0 Å². The molecule has 2 aromatic rings. The van der Waals surface area contributed by atoms with Crippen LogP contribution in [0.2, 0.25) is 0 Å². The lowest BCUT2D eigenvalue weighted by Crippen LogP contribution is -2.16. The molecule has 1 atom stereocenters. The number of nitrogens with two attached hydrogens (primary N) is 1. The lowest BCUT2D eigenvalue weighted by molar-refractivity contribution is 0.430. The van der Waals surface area contributed by atoms with Gasteiger partial charge in [0.15, 0.2) is 0 Å². The zero-order valence-corrected chi connectivity index (χ0v) is 11.3. The molecule has 4 heteroatoms. The number of aromatic nitrogens is 2.